The highest BCUT2D eigenvalue weighted by Crippen LogP contribution is 2.31. The molecule has 2 N–H and O–H groups in total. The Morgan fingerprint density at radius 3 is 2.96 bits per heavy atom. The van der Waals surface area contributed by atoms with E-state index in [0.29, 0.717) is 19.1 Å². The van der Waals surface area contributed by atoms with Crippen molar-refractivity contribution >= 4 is 6.03 Å². The van der Waals surface area contributed by atoms with Crippen LogP contribution in [-0.2, 0) is 4.74 Å². The fraction of sp³-hybridized carbons (Fsp3) is 0.500. The monoisotopic (exact) mass is 316 g/mol. The topological polar surface area (TPSA) is 59.6 Å². The van der Waals surface area contributed by atoms with E-state index >= 15 is 0 Å². The first-order valence-corrected chi connectivity index (χ1v) is 8.18. The van der Waals surface area contributed by atoms with Gasteiger partial charge >= 0.3 is 6.03 Å². The van der Waals surface area contributed by atoms with Gasteiger partial charge in [-0.2, -0.15) is 0 Å². The van der Waals surface area contributed by atoms with Gasteiger partial charge in [0.2, 0.25) is 0 Å². The second kappa shape index (κ2) is 7.04. The molecule has 1 fully saturated rings. The summed E-state index contributed by atoms with van der Waals surface area (Å²) in [6.07, 6.45) is 1.79. The molecule has 23 heavy (non-hydrogen) atoms. The first kappa shape index (κ1) is 15.9. The van der Waals surface area contributed by atoms with E-state index in [4.69, 9.17) is 9.47 Å². The third-order valence-electron chi connectivity index (χ3n) is 4.49. The summed E-state index contributed by atoms with van der Waals surface area (Å²) in [6, 6.07) is 7.71. The maximum Gasteiger partial charge on any atom is 0.315 e. The van der Waals surface area contributed by atoms with Gasteiger partial charge in [0.15, 0.2) is 0 Å². The van der Waals surface area contributed by atoms with Crippen molar-refractivity contribution < 1.29 is 14.3 Å². The number of amides is 2. The third kappa shape index (κ3) is 3.67. The third-order valence-corrected chi connectivity index (χ3v) is 4.49. The highest BCUT2D eigenvalue weighted by molar-refractivity contribution is 5.74. The molecule has 0 saturated carbocycles. The van der Waals surface area contributed by atoms with E-state index in [1.807, 2.05) is 31.2 Å². The molecule has 2 heterocycles. The summed E-state index contributed by atoms with van der Waals surface area (Å²) in [6.45, 7) is 7.90. The number of ether oxygens (including phenoxy) is 2. The Hall–Kier alpha value is -2.01. The maximum atomic E-state index is 12.2. The van der Waals surface area contributed by atoms with Gasteiger partial charge < -0.3 is 20.1 Å². The quantitative estimate of drug-likeness (QED) is 0.840. The van der Waals surface area contributed by atoms with Crippen molar-refractivity contribution in [3.8, 4) is 5.75 Å². The van der Waals surface area contributed by atoms with Gasteiger partial charge in [-0.1, -0.05) is 30.4 Å². The van der Waals surface area contributed by atoms with Crippen LogP contribution < -0.4 is 15.4 Å². The lowest BCUT2D eigenvalue weighted by molar-refractivity contribution is 0.119. The van der Waals surface area contributed by atoms with Crippen LogP contribution in [0.1, 0.15) is 31.4 Å². The molecule has 0 aromatic heterocycles. The molecule has 0 spiro atoms. The molecule has 1 aromatic rings. The number of carbonyl (C=O) groups excluding carboxylic acids is 1. The molecule has 5 nitrogen and oxygen atoms in total. The molecule has 5 heteroatoms. The van der Waals surface area contributed by atoms with Crippen molar-refractivity contribution in [2.75, 3.05) is 19.8 Å². The first-order valence-electron chi connectivity index (χ1n) is 8.18. The number of hydrogen-bond donors (Lipinski definition) is 2. The zero-order chi connectivity index (χ0) is 16.2. The minimum Gasteiger partial charge on any atom is -0.493 e. The van der Waals surface area contributed by atoms with Gasteiger partial charge in [0.1, 0.15) is 5.75 Å². The second-order valence-electron chi connectivity index (χ2n) is 6.27. The van der Waals surface area contributed by atoms with Gasteiger partial charge in [0.05, 0.1) is 18.8 Å². The highest BCUT2D eigenvalue weighted by atomic mass is 16.5. The van der Waals surface area contributed by atoms with Gasteiger partial charge in [-0.25, -0.2) is 4.79 Å². The van der Waals surface area contributed by atoms with Crippen molar-refractivity contribution in [2.45, 2.75) is 31.9 Å². The van der Waals surface area contributed by atoms with Crippen molar-refractivity contribution in [3.05, 3.63) is 42.0 Å². The fourth-order valence-corrected chi connectivity index (χ4v) is 3.31. The first-order chi connectivity index (χ1) is 11.1. The molecular weight excluding hydrogens is 292 g/mol. The van der Waals surface area contributed by atoms with Crippen LogP contribution in [0.5, 0.6) is 5.75 Å². The Balaban J connectivity index is 1.53. The lowest BCUT2D eigenvalue weighted by Crippen LogP contribution is -2.42. The molecular formula is C18H24N2O3. The number of urea groups is 1. The molecule has 124 valence electrons. The molecule has 0 radical (unpaired) electrons. The Morgan fingerprint density at radius 2 is 2.13 bits per heavy atom. The van der Waals surface area contributed by atoms with Crippen LogP contribution in [0.3, 0.4) is 0 Å². The Bertz CT molecular complexity index is 587. The smallest absolute Gasteiger partial charge is 0.315 e. The van der Waals surface area contributed by atoms with Crippen LogP contribution in [-0.4, -0.2) is 31.9 Å². The van der Waals surface area contributed by atoms with Gasteiger partial charge in [0.25, 0.3) is 0 Å². The average molecular weight is 316 g/mol. The van der Waals surface area contributed by atoms with E-state index in [0.717, 1.165) is 36.3 Å². The van der Waals surface area contributed by atoms with E-state index in [9.17, 15) is 4.79 Å². The van der Waals surface area contributed by atoms with Crippen LogP contribution in [0.2, 0.25) is 0 Å². The maximum absolute atomic E-state index is 12.2. The van der Waals surface area contributed by atoms with Gasteiger partial charge in [-0.15, -0.1) is 0 Å². The standard InChI is InChI=1S/C18H24N2O3/c1-12(2)17-13(7-9-23-17)11-19-18(21)20-15-8-10-22-16-6-4-3-5-14(15)16/h3-6,13,15,17H,1,7-11H2,2H3,(H2,19,20,21)/t13-,15-,17-/m0/s1. The molecule has 0 aliphatic carbocycles. The number of hydrogen-bond acceptors (Lipinski definition) is 3. The summed E-state index contributed by atoms with van der Waals surface area (Å²) >= 11 is 0. The molecule has 2 amide bonds. The molecule has 2 aliphatic heterocycles. The van der Waals surface area contributed by atoms with Crippen LogP contribution in [0.25, 0.3) is 0 Å². The average Bonchev–Trinajstić information content (AvgIpc) is 3.02. The number of rotatable bonds is 4. The zero-order valence-corrected chi connectivity index (χ0v) is 13.5. The molecule has 2 aliphatic rings. The number of para-hydroxylation sites is 1. The molecule has 3 atom stereocenters. The van der Waals surface area contributed by atoms with Crippen LogP contribution >= 0.6 is 0 Å². The second-order valence-corrected chi connectivity index (χ2v) is 6.27. The summed E-state index contributed by atoms with van der Waals surface area (Å²) in [5.74, 6) is 1.16. The van der Waals surface area contributed by atoms with E-state index < -0.39 is 0 Å². The molecule has 1 saturated heterocycles. The van der Waals surface area contributed by atoms with Gasteiger partial charge in [-0.3, -0.25) is 0 Å². The molecule has 3 rings (SSSR count). The zero-order valence-electron chi connectivity index (χ0n) is 13.5. The predicted molar refractivity (Wildman–Crippen MR) is 88.5 cm³/mol. The van der Waals surface area contributed by atoms with E-state index in [1.165, 1.54) is 0 Å². The minimum absolute atomic E-state index is 0.00304. The summed E-state index contributed by atoms with van der Waals surface area (Å²) in [4.78, 5) is 12.2. The Kier molecular flexibility index (Phi) is 4.86. The summed E-state index contributed by atoms with van der Waals surface area (Å²) in [7, 11) is 0. The lowest BCUT2D eigenvalue weighted by Gasteiger charge is -2.27. The fourth-order valence-electron chi connectivity index (χ4n) is 3.31. The predicted octanol–water partition coefficient (Wildman–Crippen LogP) is 2.79. The number of fused-ring (bicyclic) bond motifs is 1. The van der Waals surface area contributed by atoms with Crippen LogP contribution in [0, 0.1) is 5.92 Å². The van der Waals surface area contributed by atoms with Crippen molar-refractivity contribution in [3.63, 3.8) is 0 Å². The van der Waals surface area contributed by atoms with Crippen molar-refractivity contribution in [1.82, 2.24) is 10.6 Å². The lowest BCUT2D eigenvalue weighted by atomic mass is 9.97. The summed E-state index contributed by atoms with van der Waals surface area (Å²) in [5.41, 5.74) is 2.06. The molecule has 0 bridgehead atoms. The number of carbonyl (C=O) groups is 1. The normalized spacial score (nSPS) is 26.0. The highest BCUT2D eigenvalue weighted by Gasteiger charge is 2.29. The Labute approximate surface area is 137 Å². The summed E-state index contributed by atoms with van der Waals surface area (Å²) < 4.78 is 11.3. The number of nitrogens with one attached hydrogen (secondary N) is 2. The van der Waals surface area contributed by atoms with E-state index in [-0.39, 0.29) is 18.2 Å². The molecule has 0 unspecified atom stereocenters. The van der Waals surface area contributed by atoms with Crippen LogP contribution in [0.4, 0.5) is 4.79 Å². The van der Waals surface area contributed by atoms with Crippen LogP contribution in [0.15, 0.2) is 36.4 Å². The largest absolute Gasteiger partial charge is 0.493 e. The Morgan fingerprint density at radius 1 is 1.30 bits per heavy atom. The van der Waals surface area contributed by atoms with Gasteiger partial charge in [0, 0.05) is 31.1 Å². The van der Waals surface area contributed by atoms with E-state index in [1.54, 1.807) is 0 Å². The molecule has 1 aromatic carbocycles. The number of benzene rings is 1. The van der Waals surface area contributed by atoms with Gasteiger partial charge in [-0.05, 0) is 19.4 Å². The minimum atomic E-state index is -0.140. The van der Waals surface area contributed by atoms with Crippen molar-refractivity contribution in [2.24, 2.45) is 5.92 Å². The van der Waals surface area contributed by atoms with Crippen molar-refractivity contribution in [1.29, 1.82) is 0 Å². The van der Waals surface area contributed by atoms with E-state index in [2.05, 4.69) is 17.2 Å². The SMILES string of the molecule is C=C(C)[C@@H]1OCC[C@H]1CNC(=O)N[C@H]1CCOc2ccccc21. The summed E-state index contributed by atoms with van der Waals surface area (Å²) in [5, 5.41) is 6.03.